The normalized spacial score (nSPS) is 17.1. The maximum Gasteiger partial charge on any atom is 0.0357 e. The molecule has 0 nitrogen and oxygen atoms in total. The molecule has 0 unspecified atom stereocenters. The lowest BCUT2D eigenvalue weighted by Crippen LogP contribution is -2.74. The van der Waals surface area contributed by atoms with Crippen LogP contribution in [0.1, 0.15) is 249 Å². The summed E-state index contributed by atoms with van der Waals surface area (Å²) in [6.07, 6.45) is -0.992. The first-order valence-corrected chi connectivity index (χ1v) is 32.9. The molecule has 0 saturated heterocycles. The summed E-state index contributed by atoms with van der Waals surface area (Å²) in [4.78, 5) is 0. The molecule has 0 aliphatic rings. The van der Waals surface area contributed by atoms with Crippen LogP contribution in [0.4, 0.5) is 0 Å². The van der Waals surface area contributed by atoms with Crippen LogP contribution in [0.2, 0.25) is 84.2 Å². The molecule has 57 heavy (non-hydrogen) atoms. The van der Waals surface area contributed by atoms with Crippen molar-refractivity contribution in [1.29, 1.82) is 0 Å². The van der Waals surface area contributed by atoms with Crippen molar-refractivity contribution in [3.8, 4) is 0 Å². The second kappa shape index (κ2) is 15.6. The predicted molar refractivity (Wildman–Crippen MR) is 285 cm³/mol. The standard InChI is InChI=1S/C52H116BSi4/c1-41(2,3)54(42(4,5)6,43(7,8)9)37-53(38-55(44(10,11)12,45(13,14)15)46(16,17)18,39-56(47(19,20)21,48(22,23)24)49(25,26)27)40-57(50(28,29)30,51(31,32)33)52(34,35)36/h37-40H2,1-36H3/q-1. The van der Waals surface area contributed by atoms with Gasteiger partial charge >= 0.3 is 0 Å². The summed E-state index contributed by atoms with van der Waals surface area (Å²) >= 11 is 0. The van der Waals surface area contributed by atoms with Gasteiger partial charge in [-0.3, -0.25) is 0 Å². The van der Waals surface area contributed by atoms with Crippen LogP contribution in [0.15, 0.2) is 0 Å². The number of hydrogen-bond acceptors (Lipinski definition) is 0. The summed E-state index contributed by atoms with van der Waals surface area (Å²) in [5.41, 5.74) is 0. The summed E-state index contributed by atoms with van der Waals surface area (Å²) in [6, 6.07) is 0. The molecule has 0 bridgehead atoms. The van der Waals surface area contributed by atoms with E-state index in [2.05, 4.69) is 249 Å². The largest absolute Gasteiger partial charge is 0.181 e. The molecule has 0 rings (SSSR count). The first-order valence-electron chi connectivity index (χ1n) is 24.0. The van der Waals surface area contributed by atoms with Crippen LogP contribution in [0.5, 0.6) is 0 Å². The summed E-state index contributed by atoms with van der Waals surface area (Å²) < 4.78 is 0. The van der Waals surface area contributed by atoms with Crippen molar-refractivity contribution in [3.63, 3.8) is 0 Å². The maximum absolute atomic E-state index is 2.72. The molecule has 0 amide bonds. The van der Waals surface area contributed by atoms with Crippen LogP contribution < -0.4 is 0 Å². The Hall–Kier alpha value is 0.932. The van der Waals surface area contributed by atoms with Gasteiger partial charge in [-0.25, -0.2) is 0 Å². The van der Waals surface area contributed by atoms with Crippen molar-refractivity contribution in [2.24, 2.45) is 0 Å². The first-order chi connectivity index (χ1) is 23.8. The Kier molecular flexibility index (Phi) is 15.8. The molecule has 0 atom stereocenters. The summed E-state index contributed by atoms with van der Waals surface area (Å²) in [5.74, 6) is 5.98. The quantitative estimate of drug-likeness (QED) is 0.213. The average molecular weight is 865 g/mol. The van der Waals surface area contributed by atoms with Crippen molar-refractivity contribution in [1.82, 2.24) is 0 Å². The van der Waals surface area contributed by atoms with Crippen molar-refractivity contribution >= 4 is 38.4 Å². The fourth-order valence-corrected chi connectivity index (χ4v) is 63.2. The topological polar surface area (TPSA) is 0 Å². The van der Waals surface area contributed by atoms with E-state index in [9.17, 15) is 0 Å². The number of rotatable bonds is 8. The minimum atomic E-state index is -2.27. The van der Waals surface area contributed by atoms with E-state index in [1.54, 1.807) is 0 Å². The molecule has 0 spiro atoms. The fourth-order valence-electron chi connectivity index (χ4n) is 20.2. The zero-order chi connectivity index (χ0) is 47.3. The molecule has 0 radical (unpaired) electrons. The Labute approximate surface area is 370 Å². The molecule has 0 N–H and O–H groups in total. The van der Waals surface area contributed by atoms with Gasteiger partial charge in [-0.15, -0.1) is 0 Å². The summed E-state index contributed by atoms with van der Waals surface area (Å²) in [5, 5.41) is 2.79. The van der Waals surface area contributed by atoms with Gasteiger partial charge in [0.15, 0.2) is 0 Å². The lowest BCUT2D eigenvalue weighted by Gasteiger charge is -2.75. The Morgan fingerprint density at radius 3 is 0.298 bits per heavy atom. The molecule has 344 valence electrons. The van der Waals surface area contributed by atoms with Gasteiger partial charge in [0.25, 0.3) is 0 Å². The minimum Gasteiger partial charge on any atom is -0.181 e. The van der Waals surface area contributed by atoms with Crippen LogP contribution in [-0.2, 0) is 0 Å². The highest BCUT2D eigenvalue weighted by Crippen LogP contribution is 2.75. The van der Waals surface area contributed by atoms with E-state index in [-0.39, 0.29) is 60.5 Å². The van der Waals surface area contributed by atoms with Gasteiger partial charge in [-0.1, -0.05) is 249 Å². The maximum atomic E-state index is 2.72. The molecule has 0 heterocycles. The first kappa shape index (κ1) is 57.9. The van der Waals surface area contributed by atoms with Crippen LogP contribution in [0.3, 0.4) is 0 Å². The Morgan fingerprint density at radius 1 is 0.175 bits per heavy atom. The second-order valence-corrected chi connectivity index (χ2v) is 60.0. The van der Waals surface area contributed by atoms with Crippen LogP contribution in [0, 0.1) is 0 Å². The molecular formula is C52H116BSi4-. The predicted octanol–water partition coefficient (Wildman–Crippen LogP) is 21.0. The van der Waals surface area contributed by atoms with E-state index < -0.39 is 38.4 Å². The van der Waals surface area contributed by atoms with E-state index in [0.717, 1.165) is 0 Å². The molecule has 0 aliphatic carbocycles. The molecule has 5 heteroatoms. The van der Waals surface area contributed by atoms with Gasteiger partial charge in [-0.2, -0.15) is 23.8 Å². The smallest absolute Gasteiger partial charge is 0.0357 e. The monoisotopic (exact) mass is 864 g/mol. The van der Waals surface area contributed by atoms with Crippen LogP contribution >= 0.6 is 0 Å². The van der Waals surface area contributed by atoms with E-state index in [0.29, 0.717) is 0 Å². The Morgan fingerprint density at radius 2 is 0.246 bits per heavy atom. The van der Waals surface area contributed by atoms with E-state index >= 15 is 0 Å². The fraction of sp³-hybridized carbons (Fsp3) is 1.00. The lowest BCUT2D eigenvalue weighted by molar-refractivity contribution is 0.522. The molecule has 0 saturated carbocycles. The van der Waals surface area contributed by atoms with Gasteiger partial charge in [0.05, 0.1) is 0 Å². The van der Waals surface area contributed by atoms with Crippen molar-refractivity contribution in [3.05, 3.63) is 0 Å². The summed E-state index contributed by atoms with van der Waals surface area (Å²) in [7, 11) is -9.09. The van der Waals surface area contributed by atoms with Crippen molar-refractivity contribution in [2.45, 2.75) is 333 Å². The zero-order valence-corrected chi connectivity index (χ0v) is 51.4. The van der Waals surface area contributed by atoms with E-state index in [1.807, 2.05) is 0 Å². The van der Waals surface area contributed by atoms with E-state index in [1.165, 1.54) is 23.8 Å². The van der Waals surface area contributed by atoms with Gasteiger partial charge in [0, 0.05) is 32.3 Å². The molecule has 0 aromatic rings. The molecule has 0 aliphatic heterocycles. The van der Waals surface area contributed by atoms with Crippen molar-refractivity contribution < 1.29 is 0 Å². The van der Waals surface area contributed by atoms with Gasteiger partial charge in [0.1, 0.15) is 0 Å². The minimum absolute atomic E-state index is 0.233. The second-order valence-electron chi connectivity index (χ2n) is 33.2. The van der Waals surface area contributed by atoms with Crippen LogP contribution in [-0.4, -0.2) is 38.4 Å². The third-order valence-electron chi connectivity index (χ3n) is 18.3. The zero-order valence-electron chi connectivity index (χ0n) is 47.4. The highest BCUT2D eigenvalue weighted by molar-refractivity contribution is 7.17. The SMILES string of the molecule is CC(C)(C)[Si](C[B-](C[Si](C(C)(C)C)(C(C)(C)C)C(C)(C)C)(C[Si](C(C)(C)C)(C(C)(C)C)C(C)(C)C)C[Si](C(C)(C)C)(C(C)(C)C)C(C)(C)C)(C(C)(C)C)C(C)(C)C. The molecule has 0 fully saturated rings. The highest BCUT2D eigenvalue weighted by Gasteiger charge is 2.70. The highest BCUT2D eigenvalue weighted by atomic mass is 28.3. The van der Waals surface area contributed by atoms with Crippen molar-refractivity contribution in [2.75, 3.05) is 0 Å². The summed E-state index contributed by atoms with van der Waals surface area (Å²) in [6.45, 7) is 98.1. The van der Waals surface area contributed by atoms with Gasteiger partial charge < -0.3 is 0 Å². The molecule has 0 aromatic carbocycles. The third-order valence-corrected chi connectivity index (χ3v) is 55.0. The van der Waals surface area contributed by atoms with Crippen LogP contribution in [0.25, 0.3) is 0 Å². The molecule has 0 aromatic heterocycles. The van der Waals surface area contributed by atoms with E-state index in [4.69, 9.17) is 0 Å². The van der Waals surface area contributed by atoms with Gasteiger partial charge in [-0.05, 0) is 66.6 Å². The Balaban J connectivity index is 10.6. The third kappa shape index (κ3) is 9.72. The Bertz CT molecular complexity index is 973. The average Bonchev–Trinajstić information content (AvgIpc) is 2.77. The number of hydrogen-bond donors (Lipinski definition) is 0. The lowest BCUT2D eigenvalue weighted by atomic mass is 9.30. The molecular weight excluding hydrogens is 748 g/mol. The van der Waals surface area contributed by atoms with Gasteiger partial charge in [0.2, 0.25) is 0 Å².